The molecular formula is C13H20O2. The third-order valence-electron chi connectivity index (χ3n) is 2.58. The van der Waals surface area contributed by atoms with Crippen molar-refractivity contribution in [1.82, 2.24) is 0 Å². The van der Waals surface area contributed by atoms with Gasteiger partial charge in [-0.3, -0.25) is 0 Å². The van der Waals surface area contributed by atoms with E-state index >= 15 is 0 Å². The lowest BCUT2D eigenvalue weighted by atomic mass is 9.99. The Bertz CT molecular complexity index is 305. The summed E-state index contributed by atoms with van der Waals surface area (Å²) in [6.45, 7) is 4.57. The summed E-state index contributed by atoms with van der Waals surface area (Å²) in [7, 11) is 1.70. The highest BCUT2D eigenvalue weighted by molar-refractivity contribution is 5.38. The first kappa shape index (κ1) is 12.1. The standard InChI is InChI=1S/C13H20O2/c1-10(2)12-7-6-11(5-4-8-14)13(9-12)15-3/h6-7,9-10,14H,4-5,8H2,1-3H3. The number of rotatable bonds is 5. The van der Waals surface area contributed by atoms with E-state index in [0.29, 0.717) is 5.92 Å². The summed E-state index contributed by atoms with van der Waals surface area (Å²) in [5.41, 5.74) is 2.47. The van der Waals surface area contributed by atoms with E-state index in [4.69, 9.17) is 9.84 Å². The van der Waals surface area contributed by atoms with Crippen LogP contribution in [0.15, 0.2) is 18.2 Å². The fraction of sp³-hybridized carbons (Fsp3) is 0.538. The van der Waals surface area contributed by atoms with Crippen molar-refractivity contribution in [3.8, 4) is 5.75 Å². The maximum Gasteiger partial charge on any atom is 0.122 e. The summed E-state index contributed by atoms with van der Waals surface area (Å²) >= 11 is 0. The normalized spacial score (nSPS) is 10.7. The van der Waals surface area contributed by atoms with Gasteiger partial charge in [0.2, 0.25) is 0 Å². The Kier molecular flexibility index (Phi) is 4.63. The molecule has 0 atom stereocenters. The minimum atomic E-state index is 0.231. The number of methoxy groups -OCH3 is 1. The van der Waals surface area contributed by atoms with Gasteiger partial charge in [0.25, 0.3) is 0 Å². The maximum atomic E-state index is 8.79. The molecule has 0 heterocycles. The van der Waals surface area contributed by atoms with Crippen molar-refractivity contribution in [2.75, 3.05) is 13.7 Å². The molecule has 84 valence electrons. The number of benzene rings is 1. The van der Waals surface area contributed by atoms with Gasteiger partial charge in [-0.15, -0.1) is 0 Å². The molecule has 0 aliphatic carbocycles. The zero-order valence-corrected chi connectivity index (χ0v) is 9.79. The first-order valence-electron chi connectivity index (χ1n) is 5.46. The first-order chi connectivity index (χ1) is 7.19. The van der Waals surface area contributed by atoms with Crippen LogP contribution in [-0.2, 0) is 6.42 Å². The summed E-state index contributed by atoms with van der Waals surface area (Å²) in [5, 5.41) is 8.79. The van der Waals surface area contributed by atoms with Crippen molar-refractivity contribution in [3.05, 3.63) is 29.3 Å². The van der Waals surface area contributed by atoms with Crippen LogP contribution in [0.25, 0.3) is 0 Å². The SMILES string of the molecule is COc1cc(C(C)C)ccc1CCCO. The van der Waals surface area contributed by atoms with Gasteiger partial charge < -0.3 is 9.84 Å². The second-order valence-electron chi connectivity index (χ2n) is 4.05. The molecule has 0 unspecified atom stereocenters. The molecule has 15 heavy (non-hydrogen) atoms. The van der Waals surface area contributed by atoms with E-state index in [0.717, 1.165) is 18.6 Å². The summed E-state index contributed by atoms with van der Waals surface area (Å²) in [6.07, 6.45) is 1.66. The molecule has 0 aliphatic rings. The van der Waals surface area contributed by atoms with Crippen LogP contribution in [0, 0.1) is 0 Å². The molecule has 1 aromatic rings. The zero-order valence-electron chi connectivity index (χ0n) is 9.79. The van der Waals surface area contributed by atoms with E-state index in [1.807, 2.05) is 0 Å². The molecule has 2 heteroatoms. The molecule has 1 N–H and O–H groups in total. The van der Waals surface area contributed by atoms with E-state index in [9.17, 15) is 0 Å². The average Bonchev–Trinajstić information content (AvgIpc) is 2.25. The topological polar surface area (TPSA) is 29.5 Å². The molecule has 0 saturated heterocycles. The Balaban J connectivity index is 2.88. The van der Waals surface area contributed by atoms with Gasteiger partial charge in [-0.25, -0.2) is 0 Å². The molecular weight excluding hydrogens is 188 g/mol. The highest BCUT2D eigenvalue weighted by Crippen LogP contribution is 2.25. The van der Waals surface area contributed by atoms with Crippen molar-refractivity contribution in [3.63, 3.8) is 0 Å². The molecule has 2 nitrogen and oxygen atoms in total. The first-order valence-corrected chi connectivity index (χ1v) is 5.46. The van der Waals surface area contributed by atoms with Crippen molar-refractivity contribution >= 4 is 0 Å². The molecule has 0 fully saturated rings. The molecule has 0 spiro atoms. The quantitative estimate of drug-likeness (QED) is 0.806. The maximum absolute atomic E-state index is 8.79. The summed E-state index contributed by atoms with van der Waals surface area (Å²) in [4.78, 5) is 0. The molecule has 0 saturated carbocycles. The predicted molar refractivity (Wildman–Crippen MR) is 62.5 cm³/mol. The van der Waals surface area contributed by atoms with Crippen LogP contribution in [0.1, 0.15) is 37.3 Å². The lowest BCUT2D eigenvalue weighted by Gasteiger charge is -2.12. The lowest BCUT2D eigenvalue weighted by Crippen LogP contribution is -1.97. The third-order valence-corrected chi connectivity index (χ3v) is 2.58. The monoisotopic (exact) mass is 208 g/mol. The molecule has 0 radical (unpaired) electrons. The van der Waals surface area contributed by atoms with Crippen LogP contribution in [-0.4, -0.2) is 18.8 Å². The van der Waals surface area contributed by atoms with Crippen molar-refractivity contribution < 1.29 is 9.84 Å². The third kappa shape index (κ3) is 3.24. The number of aryl methyl sites for hydroxylation is 1. The second kappa shape index (κ2) is 5.76. The number of aliphatic hydroxyl groups excluding tert-OH is 1. The van der Waals surface area contributed by atoms with Gasteiger partial charge in [0.15, 0.2) is 0 Å². The molecule has 0 aliphatic heterocycles. The number of ether oxygens (including phenoxy) is 1. The van der Waals surface area contributed by atoms with Crippen molar-refractivity contribution in [1.29, 1.82) is 0 Å². The van der Waals surface area contributed by atoms with E-state index in [1.165, 1.54) is 11.1 Å². The highest BCUT2D eigenvalue weighted by Gasteiger charge is 2.06. The minimum absolute atomic E-state index is 0.231. The van der Waals surface area contributed by atoms with Gasteiger partial charge in [-0.2, -0.15) is 0 Å². The second-order valence-corrected chi connectivity index (χ2v) is 4.05. The Morgan fingerprint density at radius 3 is 2.60 bits per heavy atom. The molecule has 0 aromatic heterocycles. The molecule has 1 aromatic carbocycles. The predicted octanol–water partition coefficient (Wildman–Crippen LogP) is 2.74. The van der Waals surface area contributed by atoms with Gasteiger partial charge in [-0.05, 0) is 36.0 Å². The van der Waals surface area contributed by atoms with Crippen LogP contribution in [0.3, 0.4) is 0 Å². The fourth-order valence-electron chi connectivity index (χ4n) is 1.60. The summed E-state index contributed by atoms with van der Waals surface area (Å²) in [5.74, 6) is 1.46. The average molecular weight is 208 g/mol. The van der Waals surface area contributed by atoms with Crippen LogP contribution in [0.4, 0.5) is 0 Å². The van der Waals surface area contributed by atoms with Gasteiger partial charge in [0.1, 0.15) is 5.75 Å². The van der Waals surface area contributed by atoms with E-state index < -0.39 is 0 Å². The van der Waals surface area contributed by atoms with Crippen LogP contribution < -0.4 is 4.74 Å². The molecule has 0 amide bonds. The molecule has 0 bridgehead atoms. The van der Waals surface area contributed by atoms with E-state index in [-0.39, 0.29) is 6.61 Å². The van der Waals surface area contributed by atoms with Crippen LogP contribution in [0.2, 0.25) is 0 Å². The van der Waals surface area contributed by atoms with Crippen molar-refractivity contribution in [2.24, 2.45) is 0 Å². The summed E-state index contributed by atoms with van der Waals surface area (Å²) in [6, 6.07) is 6.33. The Morgan fingerprint density at radius 2 is 2.07 bits per heavy atom. The number of aliphatic hydroxyl groups is 1. The fourth-order valence-corrected chi connectivity index (χ4v) is 1.60. The van der Waals surface area contributed by atoms with Gasteiger partial charge in [0.05, 0.1) is 7.11 Å². The largest absolute Gasteiger partial charge is 0.496 e. The number of hydrogen-bond donors (Lipinski definition) is 1. The van der Waals surface area contributed by atoms with Gasteiger partial charge in [-0.1, -0.05) is 26.0 Å². The van der Waals surface area contributed by atoms with Crippen molar-refractivity contribution in [2.45, 2.75) is 32.6 Å². The van der Waals surface area contributed by atoms with E-state index in [2.05, 4.69) is 32.0 Å². The zero-order chi connectivity index (χ0) is 11.3. The van der Waals surface area contributed by atoms with E-state index in [1.54, 1.807) is 7.11 Å². The minimum Gasteiger partial charge on any atom is -0.496 e. The Hall–Kier alpha value is -1.02. The Morgan fingerprint density at radius 1 is 1.33 bits per heavy atom. The lowest BCUT2D eigenvalue weighted by molar-refractivity contribution is 0.287. The highest BCUT2D eigenvalue weighted by atomic mass is 16.5. The van der Waals surface area contributed by atoms with Crippen LogP contribution in [0.5, 0.6) is 5.75 Å². The van der Waals surface area contributed by atoms with Gasteiger partial charge in [0, 0.05) is 6.61 Å². The van der Waals surface area contributed by atoms with Crippen LogP contribution >= 0.6 is 0 Å². The molecule has 1 rings (SSSR count). The summed E-state index contributed by atoms with van der Waals surface area (Å²) < 4.78 is 5.35. The number of hydrogen-bond acceptors (Lipinski definition) is 2. The van der Waals surface area contributed by atoms with Gasteiger partial charge >= 0.3 is 0 Å². The Labute approximate surface area is 91.9 Å². The smallest absolute Gasteiger partial charge is 0.122 e.